The van der Waals surface area contributed by atoms with Crippen molar-refractivity contribution >= 4 is 22.6 Å². The van der Waals surface area contributed by atoms with Crippen LogP contribution in [0.1, 0.15) is 6.92 Å². The van der Waals surface area contributed by atoms with Gasteiger partial charge in [-0.1, -0.05) is 22.8 Å². The number of nitrogens with one attached hydrogen (secondary N) is 1. The summed E-state index contributed by atoms with van der Waals surface area (Å²) in [5, 5.41) is 10.1. The predicted molar refractivity (Wildman–Crippen MR) is 69.7 cm³/mol. The molecule has 5 heteroatoms. The number of aromatic amines is 1. The van der Waals surface area contributed by atoms with Gasteiger partial charge >= 0.3 is 5.91 Å². The minimum atomic E-state index is -0.558. The number of fused-ring (bicyclic) bond motifs is 1. The first-order valence-electron chi connectivity index (χ1n) is 5.84. The molecule has 0 aliphatic carbocycles. The van der Waals surface area contributed by atoms with Crippen LogP contribution in [0.4, 0.5) is 5.82 Å². The third-order valence-electron chi connectivity index (χ3n) is 3.20. The van der Waals surface area contributed by atoms with Gasteiger partial charge in [0.05, 0.1) is 12.6 Å². The molecule has 2 rings (SSSR count). The molecule has 0 fully saturated rings. The van der Waals surface area contributed by atoms with Crippen LogP contribution in [0.15, 0.2) is 30.3 Å². The topological polar surface area (TPSA) is 62.3 Å². The van der Waals surface area contributed by atoms with E-state index in [4.69, 9.17) is 9.94 Å². The molecule has 1 aromatic carbocycles. The van der Waals surface area contributed by atoms with Gasteiger partial charge < -0.3 is 10.1 Å². The summed E-state index contributed by atoms with van der Waals surface area (Å²) in [6.07, 6.45) is 0. The molecule has 5 nitrogen and oxygen atoms in total. The van der Waals surface area contributed by atoms with Crippen LogP contribution in [-0.2, 0) is 9.63 Å². The third kappa shape index (κ3) is 1.82. The maximum atomic E-state index is 12.0. The van der Waals surface area contributed by atoms with E-state index in [2.05, 4.69) is 4.98 Å². The summed E-state index contributed by atoms with van der Waals surface area (Å²) in [7, 11) is 1.46. The van der Waals surface area contributed by atoms with Crippen LogP contribution in [0.5, 0.6) is 0 Å². The van der Waals surface area contributed by atoms with E-state index >= 15 is 0 Å². The molecule has 0 saturated heterocycles. The Balaban J connectivity index is 2.57. The average molecular weight is 249 g/mol. The van der Waals surface area contributed by atoms with Gasteiger partial charge in [-0.15, -0.1) is 0 Å². The molecule has 2 aromatic rings. The lowest BCUT2D eigenvalue weighted by Crippen LogP contribution is -2.54. The second-order valence-corrected chi connectivity index (χ2v) is 4.03. The molecule has 1 unspecified atom stereocenters. The number of hydroxylamine groups is 2. The lowest BCUT2D eigenvalue weighted by Gasteiger charge is -2.27. The number of aromatic nitrogens is 1. The maximum absolute atomic E-state index is 12.0. The largest absolute Gasteiger partial charge is 0.382 e. The van der Waals surface area contributed by atoms with Gasteiger partial charge in [-0.05, 0) is 13.0 Å². The van der Waals surface area contributed by atoms with Crippen LogP contribution >= 0.6 is 0 Å². The number of rotatable bonds is 4. The van der Waals surface area contributed by atoms with Gasteiger partial charge in [0.2, 0.25) is 5.82 Å². The summed E-state index contributed by atoms with van der Waals surface area (Å²) in [6.45, 7) is 1.68. The Bertz CT molecular complexity index is 525. The van der Waals surface area contributed by atoms with E-state index in [-0.39, 0.29) is 4.65 Å². The summed E-state index contributed by atoms with van der Waals surface area (Å²) in [6, 6.07) is 9.61. The first kappa shape index (κ1) is 12.8. The molecule has 96 valence electrons. The lowest BCUT2D eigenvalue weighted by molar-refractivity contribution is -0.174. The van der Waals surface area contributed by atoms with Crippen molar-refractivity contribution in [3.8, 4) is 0 Å². The molecule has 1 atom stereocenters. The second-order valence-electron chi connectivity index (χ2n) is 4.03. The Labute approximate surface area is 105 Å². The van der Waals surface area contributed by atoms with Crippen LogP contribution in [-0.4, -0.2) is 36.3 Å². The van der Waals surface area contributed by atoms with Crippen molar-refractivity contribution in [2.45, 2.75) is 6.92 Å². The Morgan fingerprint density at radius 2 is 2.17 bits per heavy atom. The van der Waals surface area contributed by atoms with Crippen molar-refractivity contribution in [2.24, 2.45) is 0 Å². The summed E-state index contributed by atoms with van der Waals surface area (Å²) in [5.74, 6) is 0.229. The number of hydrogen-bond donors (Lipinski definition) is 2. The number of nitrogens with zero attached hydrogens (tertiary/aromatic N) is 1. The number of likely N-dealkylation sites (N-methyl/N-ethyl adjacent to an activating group) is 1. The fourth-order valence-electron chi connectivity index (χ4n) is 2.18. The first-order chi connectivity index (χ1) is 8.67. The number of aliphatic hydroxyl groups is 1. The molecule has 0 saturated carbocycles. The van der Waals surface area contributed by atoms with Crippen molar-refractivity contribution in [1.29, 1.82) is 0 Å². The van der Waals surface area contributed by atoms with Gasteiger partial charge in [-0.25, -0.2) is 4.79 Å². The van der Waals surface area contributed by atoms with Crippen LogP contribution < -0.4 is 4.65 Å². The highest BCUT2D eigenvalue weighted by Gasteiger charge is 2.40. The van der Waals surface area contributed by atoms with Gasteiger partial charge in [-0.3, -0.25) is 0 Å². The number of benzene rings is 1. The highest BCUT2D eigenvalue weighted by molar-refractivity contribution is 5.91. The van der Waals surface area contributed by atoms with E-state index < -0.39 is 12.5 Å². The summed E-state index contributed by atoms with van der Waals surface area (Å²) >= 11 is 0. The lowest BCUT2D eigenvalue weighted by atomic mass is 10.2. The molecule has 2 N–H and O–H groups in total. The number of carbonyl (C=O) groups excluding carboxylic acids is 1. The van der Waals surface area contributed by atoms with E-state index in [1.54, 1.807) is 0 Å². The molecular weight excluding hydrogens is 232 g/mol. The normalized spacial score (nSPS) is 14.6. The summed E-state index contributed by atoms with van der Waals surface area (Å²) < 4.78 is -0.342. The summed E-state index contributed by atoms with van der Waals surface area (Å²) in [4.78, 5) is 20.5. The Kier molecular flexibility index (Phi) is 3.47. The van der Waals surface area contributed by atoms with Crippen molar-refractivity contribution in [2.75, 3.05) is 20.3 Å². The molecule has 18 heavy (non-hydrogen) atoms. The molecule has 0 radical (unpaired) electrons. The van der Waals surface area contributed by atoms with Gasteiger partial charge in [0.1, 0.15) is 6.54 Å². The van der Waals surface area contributed by atoms with Crippen LogP contribution in [0.3, 0.4) is 0 Å². The van der Waals surface area contributed by atoms with E-state index in [9.17, 15) is 4.79 Å². The standard InChI is InChI=1S/C13H17N2O3/c1-3-15(18-2,13(17)9-16)12-8-10-6-4-5-7-11(10)14-12/h4-8,14,16H,3,9H2,1-2H3/q+1. The SMILES string of the molecule is CC[N+](OC)(C(=O)CO)c1cc2ccccc2[nH]1. The molecule has 0 spiro atoms. The van der Waals surface area contributed by atoms with Crippen molar-refractivity contribution < 1.29 is 14.7 Å². The predicted octanol–water partition coefficient (Wildman–Crippen LogP) is 1.58. The molecule has 0 bridgehead atoms. The van der Waals surface area contributed by atoms with Crippen molar-refractivity contribution in [3.05, 3.63) is 30.3 Å². The van der Waals surface area contributed by atoms with Gasteiger partial charge in [0.15, 0.2) is 6.61 Å². The van der Waals surface area contributed by atoms with Gasteiger partial charge in [-0.2, -0.15) is 4.84 Å². The summed E-state index contributed by atoms with van der Waals surface area (Å²) in [5.41, 5.74) is 0.936. The quantitative estimate of drug-likeness (QED) is 0.638. The van der Waals surface area contributed by atoms with E-state index in [0.717, 1.165) is 10.9 Å². The Morgan fingerprint density at radius 3 is 2.72 bits per heavy atom. The van der Waals surface area contributed by atoms with Crippen molar-refractivity contribution in [3.63, 3.8) is 0 Å². The number of H-pyrrole nitrogens is 1. The zero-order valence-electron chi connectivity index (χ0n) is 10.5. The van der Waals surface area contributed by atoms with Crippen molar-refractivity contribution in [1.82, 2.24) is 9.63 Å². The molecular formula is C13H17N2O3+. The van der Waals surface area contributed by atoms with E-state index in [1.807, 2.05) is 37.3 Å². The zero-order valence-corrected chi connectivity index (χ0v) is 10.5. The second kappa shape index (κ2) is 4.89. The number of para-hydroxylation sites is 1. The molecule has 1 heterocycles. The molecule has 0 aliphatic rings. The number of quaternary nitrogens is 1. The van der Waals surface area contributed by atoms with Crippen LogP contribution in [0, 0.1) is 0 Å². The van der Waals surface area contributed by atoms with Gasteiger partial charge in [0.25, 0.3) is 0 Å². The number of aliphatic hydroxyl groups excluding tert-OH is 1. The highest BCUT2D eigenvalue weighted by atomic mass is 16.7. The Hall–Kier alpha value is -1.69. The maximum Gasteiger partial charge on any atom is 0.377 e. The molecule has 1 aromatic heterocycles. The molecule has 1 amide bonds. The fraction of sp³-hybridized carbons (Fsp3) is 0.308. The number of hydrogen-bond acceptors (Lipinski definition) is 3. The minimum Gasteiger partial charge on any atom is -0.382 e. The third-order valence-corrected chi connectivity index (χ3v) is 3.20. The average Bonchev–Trinajstić information content (AvgIpc) is 2.84. The van der Waals surface area contributed by atoms with E-state index in [0.29, 0.717) is 12.4 Å². The first-order valence-corrected chi connectivity index (χ1v) is 5.84. The fourth-order valence-corrected chi connectivity index (χ4v) is 2.18. The monoisotopic (exact) mass is 249 g/mol. The highest BCUT2D eigenvalue weighted by Crippen LogP contribution is 2.27. The minimum absolute atomic E-state index is 0.342. The van der Waals surface area contributed by atoms with Crippen LogP contribution in [0.25, 0.3) is 10.9 Å². The number of carbonyl (C=O) groups is 1. The van der Waals surface area contributed by atoms with E-state index in [1.165, 1.54) is 7.11 Å². The number of amides is 1. The molecule has 0 aliphatic heterocycles. The van der Waals surface area contributed by atoms with Crippen LogP contribution in [0.2, 0.25) is 0 Å². The zero-order chi connectivity index (χ0) is 13.2. The smallest absolute Gasteiger partial charge is 0.377 e. The van der Waals surface area contributed by atoms with Gasteiger partial charge in [0, 0.05) is 11.5 Å². The Morgan fingerprint density at radius 1 is 1.44 bits per heavy atom.